The van der Waals surface area contributed by atoms with E-state index < -0.39 is 0 Å². The maximum absolute atomic E-state index is 12.7. The van der Waals surface area contributed by atoms with Gasteiger partial charge in [0.25, 0.3) is 5.91 Å². The molecule has 0 saturated heterocycles. The summed E-state index contributed by atoms with van der Waals surface area (Å²) in [5.74, 6) is -0.0873. The molecule has 3 rings (SSSR count). The van der Waals surface area contributed by atoms with Gasteiger partial charge in [-0.3, -0.25) is 9.59 Å². The van der Waals surface area contributed by atoms with E-state index in [0.29, 0.717) is 36.9 Å². The number of para-hydroxylation sites is 1. The molecule has 0 saturated carbocycles. The van der Waals surface area contributed by atoms with E-state index in [-0.39, 0.29) is 11.8 Å². The number of nitrogens with one attached hydrogen (secondary N) is 1. The molecule has 1 heterocycles. The topological polar surface area (TPSA) is 52.7 Å². The zero-order chi connectivity index (χ0) is 20.1. The van der Waals surface area contributed by atoms with E-state index in [1.54, 1.807) is 17.0 Å². The van der Waals surface area contributed by atoms with Gasteiger partial charge in [0.15, 0.2) is 0 Å². The van der Waals surface area contributed by atoms with Gasteiger partial charge in [0.2, 0.25) is 5.91 Å². The van der Waals surface area contributed by atoms with E-state index in [9.17, 15) is 9.59 Å². The van der Waals surface area contributed by atoms with E-state index >= 15 is 0 Å². The third-order valence-electron chi connectivity index (χ3n) is 5.42. The maximum atomic E-state index is 12.7. The van der Waals surface area contributed by atoms with Gasteiger partial charge in [-0.2, -0.15) is 0 Å². The second-order valence-electron chi connectivity index (χ2n) is 7.25. The van der Waals surface area contributed by atoms with Crippen molar-refractivity contribution >= 4 is 23.2 Å². The lowest BCUT2D eigenvalue weighted by atomic mass is 9.96. The fraction of sp³-hybridized carbons (Fsp3) is 0.391. The first-order valence-corrected chi connectivity index (χ1v) is 10.1. The van der Waals surface area contributed by atoms with Crippen molar-refractivity contribution in [3.8, 4) is 0 Å². The predicted octanol–water partition coefficient (Wildman–Crippen LogP) is 3.95. The number of benzene rings is 2. The highest BCUT2D eigenvalue weighted by atomic mass is 16.2. The molecule has 0 bridgehead atoms. The largest absolute Gasteiger partial charge is 0.359 e. The third kappa shape index (κ3) is 4.35. The highest BCUT2D eigenvalue weighted by molar-refractivity contribution is 5.98. The zero-order valence-electron chi connectivity index (χ0n) is 16.9. The lowest BCUT2D eigenvalue weighted by Crippen LogP contribution is -2.42. The molecule has 0 spiro atoms. The van der Waals surface area contributed by atoms with Crippen LogP contribution in [0.1, 0.15) is 43.1 Å². The number of amides is 2. The highest BCUT2D eigenvalue weighted by Crippen LogP contribution is 2.30. The Hall–Kier alpha value is -2.82. The summed E-state index contributed by atoms with van der Waals surface area (Å²) in [6.07, 6.45) is 2.09. The number of aryl methyl sites for hydroxylation is 1. The van der Waals surface area contributed by atoms with Crippen LogP contribution in [-0.2, 0) is 11.2 Å². The normalized spacial score (nSPS) is 15.7. The van der Waals surface area contributed by atoms with E-state index in [1.165, 1.54) is 5.56 Å². The fourth-order valence-electron chi connectivity index (χ4n) is 3.78. The Morgan fingerprint density at radius 1 is 1.11 bits per heavy atom. The van der Waals surface area contributed by atoms with Crippen molar-refractivity contribution in [1.29, 1.82) is 0 Å². The first kappa shape index (κ1) is 19.9. The molecule has 0 fully saturated rings. The van der Waals surface area contributed by atoms with Crippen LogP contribution in [0.4, 0.5) is 11.4 Å². The lowest BCUT2D eigenvalue weighted by molar-refractivity contribution is -0.115. The summed E-state index contributed by atoms with van der Waals surface area (Å²) in [5, 5.41) is 2.96. The number of fused-ring (bicyclic) bond motifs is 1. The molecule has 148 valence electrons. The van der Waals surface area contributed by atoms with Crippen molar-refractivity contribution in [2.45, 2.75) is 39.7 Å². The summed E-state index contributed by atoms with van der Waals surface area (Å²) in [6, 6.07) is 15.8. The number of hydrogen-bond donors (Lipinski definition) is 1. The van der Waals surface area contributed by atoms with Gasteiger partial charge >= 0.3 is 0 Å². The van der Waals surface area contributed by atoms with Crippen molar-refractivity contribution in [1.82, 2.24) is 4.90 Å². The van der Waals surface area contributed by atoms with Gasteiger partial charge in [-0.15, -0.1) is 0 Å². The second kappa shape index (κ2) is 8.91. The van der Waals surface area contributed by atoms with Gasteiger partial charge in [-0.25, -0.2) is 0 Å². The molecule has 2 amide bonds. The Bertz CT molecular complexity index is 845. The first-order valence-electron chi connectivity index (χ1n) is 10.1. The number of carbonyl (C=O) groups is 2. The van der Waals surface area contributed by atoms with E-state index in [2.05, 4.69) is 29.3 Å². The van der Waals surface area contributed by atoms with Crippen LogP contribution >= 0.6 is 0 Å². The Morgan fingerprint density at radius 3 is 2.61 bits per heavy atom. The van der Waals surface area contributed by atoms with Gasteiger partial charge in [-0.05, 0) is 63.4 Å². The molecule has 0 radical (unpaired) electrons. The molecule has 1 aliphatic heterocycles. The van der Waals surface area contributed by atoms with Crippen LogP contribution < -0.4 is 10.2 Å². The molecule has 5 nitrogen and oxygen atoms in total. The van der Waals surface area contributed by atoms with E-state index in [4.69, 9.17) is 0 Å². The molecule has 28 heavy (non-hydrogen) atoms. The van der Waals surface area contributed by atoms with Gasteiger partial charge in [0.1, 0.15) is 0 Å². The summed E-state index contributed by atoms with van der Waals surface area (Å²) in [5.41, 5.74) is 3.68. The van der Waals surface area contributed by atoms with Crippen molar-refractivity contribution < 1.29 is 9.59 Å². The number of anilines is 2. The molecule has 1 N–H and O–H groups in total. The van der Waals surface area contributed by atoms with Gasteiger partial charge in [0.05, 0.1) is 6.54 Å². The monoisotopic (exact) mass is 379 g/mol. The summed E-state index contributed by atoms with van der Waals surface area (Å²) < 4.78 is 0. The number of rotatable bonds is 6. The molecule has 1 unspecified atom stereocenters. The Balaban J connectivity index is 1.70. The SMILES string of the molecule is CCN(CC)C(=O)c1cccc(NC(=O)CN2c3ccccc3CCC2C)c1. The molecular weight excluding hydrogens is 350 g/mol. The smallest absolute Gasteiger partial charge is 0.253 e. The number of hydrogen-bond acceptors (Lipinski definition) is 3. The Morgan fingerprint density at radius 2 is 1.86 bits per heavy atom. The van der Waals surface area contributed by atoms with Crippen molar-refractivity contribution in [2.24, 2.45) is 0 Å². The molecule has 5 heteroatoms. The predicted molar refractivity (Wildman–Crippen MR) is 114 cm³/mol. The average Bonchev–Trinajstić information content (AvgIpc) is 2.71. The van der Waals surface area contributed by atoms with Crippen LogP contribution in [0.15, 0.2) is 48.5 Å². The lowest BCUT2D eigenvalue weighted by Gasteiger charge is -2.36. The van der Waals surface area contributed by atoms with Crippen molar-refractivity contribution in [2.75, 3.05) is 29.9 Å². The number of nitrogens with zero attached hydrogens (tertiary/aromatic N) is 2. The van der Waals surface area contributed by atoms with Gasteiger partial charge in [0, 0.05) is 36.1 Å². The summed E-state index contributed by atoms with van der Waals surface area (Å²) in [6.45, 7) is 7.71. The van der Waals surface area contributed by atoms with Gasteiger partial charge in [-0.1, -0.05) is 24.3 Å². The first-order chi connectivity index (χ1) is 13.5. The van der Waals surface area contributed by atoms with Crippen molar-refractivity contribution in [3.05, 3.63) is 59.7 Å². The highest BCUT2D eigenvalue weighted by Gasteiger charge is 2.24. The molecule has 1 aliphatic rings. The van der Waals surface area contributed by atoms with Crippen LogP contribution in [-0.4, -0.2) is 42.4 Å². The molecule has 0 aliphatic carbocycles. The van der Waals surface area contributed by atoms with Crippen LogP contribution in [0, 0.1) is 0 Å². The third-order valence-corrected chi connectivity index (χ3v) is 5.42. The molecular formula is C23H29N3O2. The minimum atomic E-state index is -0.0732. The molecule has 1 atom stereocenters. The Kier molecular flexibility index (Phi) is 6.34. The molecule has 2 aromatic carbocycles. The standard InChI is InChI=1S/C23H29N3O2/c1-4-25(5-2)23(28)19-10-8-11-20(15-19)24-22(27)16-26-17(3)13-14-18-9-6-7-12-21(18)26/h6-12,15,17H,4-5,13-14,16H2,1-3H3,(H,24,27). The quantitative estimate of drug-likeness (QED) is 0.827. The summed E-state index contributed by atoms with van der Waals surface area (Å²) >= 11 is 0. The maximum Gasteiger partial charge on any atom is 0.253 e. The molecule has 0 aromatic heterocycles. The minimum absolute atomic E-state index is 0.0142. The molecule has 2 aromatic rings. The van der Waals surface area contributed by atoms with Crippen LogP contribution in [0.25, 0.3) is 0 Å². The average molecular weight is 380 g/mol. The zero-order valence-corrected chi connectivity index (χ0v) is 16.9. The van der Waals surface area contributed by atoms with Crippen LogP contribution in [0.2, 0.25) is 0 Å². The Labute approximate surface area is 167 Å². The minimum Gasteiger partial charge on any atom is -0.359 e. The van der Waals surface area contributed by atoms with E-state index in [0.717, 1.165) is 18.5 Å². The van der Waals surface area contributed by atoms with E-state index in [1.807, 2.05) is 38.1 Å². The summed E-state index contributed by atoms with van der Waals surface area (Å²) in [7, 11) is 0. The van der Waals surface area contributed by atoms with Crippen molar-refractivity contribution in [3.63, 3.8) is 0 Å². The second-order valence-corrected chi connectivity index (χ2v) is 7.25. The number of carbonyl (C=O) groups excluding carboxylic acids is 2. The van der Waals surface area contributed by atoms with Gasteiger partial charge < -0.3 is 15.1 Å². The fourth-order valence-corrected chi connectivity index (χ4v) is 3.78. The summed E-state index contributed by atoms with van der Waals surface area (Å²) in [4.78, 5) is 29.2. The van der Waals surface area contributed by atoms with Crippen LogP contribution in [0.5, 0.6) is 0 Å². The van der Waals surface area contributed by atoms with Crippen LogP contribution in [0.3, 0.4) is 0 Å².